The number of H-pyrrole nitrogens is 1. The van der Waals surface area contributed by atoms with Crippen LogP contribution in [0.1, 0.15) is 0 Å². The van der Waals surface area contributed by atoms with Gasteiger partial charge in [0.1, 0.15) is 22.7 Å². The lowest BCUT2D eigenvalue weighted by molar-refractivity contribution is 0.449. The van der Waals surface area contributed by atoms with Crippen LogP contribution in [0.2, 0.25) is 0 Å². The van der Waals surface area contributed by atoms with E-state index in [4.69, 9.17) is 4.52 Å². The molecule has 18 heavy (non-hydrogen) atoms. The van der Waals surface area contributed by atoms with Crippen LogP contribution >= 0.6 is 0 Å². The normalized spacial score (nSPS) is 11.0. The van der Waals surface area contributed by atoms with Crippen LogP contribution in [0, 0.1) is 11.6 Å². The van der Waals surface area contributed by atoms with Gasteiger partial charge in [-0.15, -0.1) is 0 Å². The Labute approximate surface area is 98.1 Å². The summed E-state index contributed by atoms with van der Waals surface area (Å²) in [5.74, 6) is -1.65. The molecule has 1 aromatic carbocycles. The smallest absolute Gasteiger partial charge is 0.265 e. The summed E-state index contributed by atoms with van der Waals surface area (Å²) in [6, 6.07) is 3.37. The summed E-state index contributed by atoms with van der Waals surface area (Å²) in [5, 5.41) is 3.43. The largest absolute Gasteiger partial charge is 0.335 e. The molecule has 5 nitrogen and oxygen atoms in total. The van der Waals surface area contributed by atoms with Gasteiger partial charge in [-0.05, 0) is 12.1 Å². The van der Waals surface area contributed by atoms with Gasteiger partial charge in [0.2, 0.25) is 0 Å². The maximum Gasteiger partial charge on any atom is 0.265 e. The van der Waals surface area contributed by atoms with Crippen molar-refractivity contribution in [2.75, 3.05) is 0 Å². The van der Waals surface area contributed by atoms with Gasteiger partial charge in [-0.2, -0.15) is 0 Å². The Morgan fingerprint density at radius 2 is 1.94 bits per heavy atom. The monoisotopic (exact) mass is 249 g/mol. The fourth-order valence-electron chi connectivity index (χ4n) is 1.69. The average Bonchev–Trinajstić information content (AvgIpc) is 2.74. The van der Waals surface area contributed by atoms with Crippen LogP contribution in [0.25, 0.3) is 22.4 Å². The molecule has 0 aliphatic carbocycles. The molecule has 7 heteroatoms. The van der Waals surface area contributed by atoms with E-state index in [1.165, 1.54) is 6.07 Å². The van der Waals surface area contributed by atoms with E-state index in [1.54, 1.807) is 0 Å². The molecule has 0 atom stereocenters. The highest BCUT2D eigenvalue weighted by Gasteiger charge is 2.20. The number of aromatic amines is 1. The van der Waals surface area contributed by atoms with Crippen LogP contribution in [0.5, 0.6) is 0 Å². The average molecular weight is 249 g/mol. The molecule has 0 saturated carbocycles. The number of nitrogens with zero attached hydrogens (tertiary/aromatic N) is 2. The Bertz CT molecular complexity index is 774. The van der Waals surface area contributed by atoms with E-state index in [0.29, 0.717) is 0 Å². The second-order valence-electron chi connectivity index (χ2n) is 3.54. The Morgan fingerprint density at radius 3 is 2.67 bits per heavy atom. The molecule has 1 N–H and O–H groups in total. The van der Waals surface area contributed by atoms with E-state index >= 15 is 0 Å². The molecule has 2 heterocycles. The number of hydrogen-bond acceptors (Lipinski definition) is 4. The van der Waals surface area contributed by atoms with Crippen molar-refractivity contribution in [3.63, 3.8) is 0 Å². The van der Waals surface area contributed by atoms with Crippen molar-refractivity contribution in [3.05, 3.63) is 46.5 Å². The van der Waals surface area contributed by atoms with Gasteiger partial charge in [0, 0.05) is 0 Å². The van der Waals surface area contributed by atoms with Crippen molar-refractivity contribution in [2.24, 2.45) is 0 Å². The van der Waals surface area contributed by atoms with Crippen molar-refractivity contribution in [2.45, 2.75) is 0 Å². The van der Waals surface area contributed by atoms with Crippen LogP contribution in [0.3, 0.4) is 0 Å². The van der Waals surface area contributed by atoms with E-state index in [9.17, 15) is 13.6 Å². The second-order valence-corrected chi connectivity index (χ2v) is 3.54. The van der Waals surface area contributed by atoms with Gasteiger partial charge >= 0.3 is 0 Å². The van der Waals surface area contributed by atoms with Gasteiger partial charge in [0.25, 0.3) is 11.3 Å². The Balaban J connectivity index is 2.43. The maximum absolute atomic E-state index is 13.6. The van der Waals surface area contributed by atoms with E-state index in [-0.39, 0.29) is 16.8 Å². The SMILES string of the molecule is O=c1[nH]cnc2onc(-c3c(F)cccc3F)c12. The van der Waals surface area contributed by atoms with Gasteiger partial charge < -0.3 is 9.51 Å². The van der Waals surface area contributed by atoms with E-state index in [0.717, 1.165) is 18.5 Å². The number of benzene rings is 1. The summed E-state index contributed by atoms with van der Waals surface area (Å²) in [5.41, 5.74) is -1.25. The molecule has 0 saturated heterocycles. The third-order valence-electron chi connectivity index (χ3n) is 2.48. The zero-order valence-electron chi connectivity index (χ0n) is 8.78. The topological polar surface area (TPSA) is 71.8 Å². The first-order valence-corrected chi connectivity index (χ1v) is 4.96. The zero-order valence-corrected chi connectivity index (χ0v) is 8.78. The molecule has 0 radical (unpaired) electrons. The van der Waals surface area contributed by atoms with Crippen molar-refractivity contribution in [1.29, 1.82) is 0 Å². The highest BCUT2D eigenvalue weighted by molar-refractivity contribution is 5.88. The first-order chi connectivity index (χ1) is 8.68. The number of fused-ring (bicyclic) bond motifs is 1. The lowest BCUT2D eigenvalue weighted by Gasteiger charge is -2.00. The van der Waals surface area contributed by atoms with Gasteiger partial charge in [0.05, 0.1) is 11.9 Å². The molecule has 0 fully saturated rings. The minimum Gasteiger partial charge on any atom is -0.335 e. The van der Waals surface area contributed by atoms with Crippen molar-refractivity contribution in [1.82, 2.24) is 15.1 Å². The van der Waals surface area contributed by atoms with E-state index in [1.807, 2.05) is 0 Å². The fraction of sp³-hybridized carbons (Fsp3) is 0. The lowest BCUT2D eigenvalue weighted by atomic mass is 10.1. The summed E-state index contributed by atoms with van der Waals surface area (Å²) in [6.45, 7) is 0. The molecular formula is C11H5F2N3O2. The zero-order chi connectivity index (χ0) is 12.7. The first-order valence-electron chi connectivity index (χ1n) is 4.96. The van der Waals surface area contributed by atoms with Crippen LogP contribution in [0.4, 0.5) is 8.78 Å². The maximum atomic E-state index is 13.6. The number of hydrogen-bond donors (Lipinski definition) is 1. The van der Waals surface area contributed by atoms with E-state index < -0.39 is 22.8 Å². The van der Waals surface area contributed by atoms with E-state index in [2.05, 4.69) is 15.1 Å². The summed E-state index contributed by atoms with van der Waals surface area (Å²) >= 11 is 0. The number of nitrogens with one attached hydrogen (secondary N) is 1. The van der Waals surface area contributed by atoms with Gasteiger partial charge in [-0.3, -0.25) is 4.79 Å². The summed E-state index contributed by atoms with van der Waals surface area (Å²) in [6.07, 6.45) is 1.12. The van der Waals surface area contributed by atoms with Gasteiger partial charge in [-0.1, -0.05) is 11.2 Å². The third kappa shape index (κ3) is 1.41. The molecule has 0 unspecified atom stereocenters. The molecule has 0 aliphatic heterocycles. The molecule has 90 valence electrons. The Hall–Kier alpha value is -2.57. The lowest BCUT2D eigenvalue weighted by Crippen LogP contribution is -2.06. The third-order valence-corrected chi connectivity index (χ3v) is 2.48. The molecule has 0 bridgehead atoms. The van der Waals surface area contributed by atoms with Crippen LogP contribution in [0.15, 0.2) is 33.8 Å². The molecule has 3 aromatic rings. The number of aromatic nitrogens is 3. The molecule has 2 aromatic heterocycles. The van der Waals surface area contributed by atoms with Crippen molar-refractivity contribution in [3.8, 4) is 11.3 Å². The quantitative estimate of drug-likeness (QED) is 0.714. The number of halogens is 2. The summed E-state index contributed by atoms with van der Waals surface area (Å²) in [7, 11) is 0. The highest BCUT2D eigenvalue weighted by atomic mass is 19.1. The Morgan fingerprint density at radius 1 is 1.22 bits per heavy atom. The minimum atomic E-state index is -0.826. The predicted molar refractivity (Wildman–Crippen MR) is 57.8 cm³/mol. The fourth-order valence-corrected chi connectivity index (χ4v) is 1.69. The van der Waals surface area contributed by atoms with Crippen molar-refractivity contribution >= 4 is 11.1 Å². The molecule has 0 aliphatic rings. The highest BCUT2D eigenvalue weighted by Crippen LogP contribution is 2.28. The van der Waals surface area contributed by atoms with Crippen LogP contribution < -0.4 is 5.56 Å². The first kappa shape index (κ1) is 10.6. The molecular weight excluding hydrogens is 244 g/mol. The minimum absolute atomic E-state index is 0.0728. The van der Waals surface area contributed by atoms with Crippen LogP contribution in [-0.4, -0.2) is 15.1 Å². The Kier molecular flexibility index (Phi) is 2.19. The van der Waals surface area contributed by atoms with Gasteiger partial charge in [-0.25, -0.2) is 13.8 Å². The second kappa shape index (κ2) is 3.73. The predicted octanol–water partition coefficient (Wildman–Crippen LogP) is 1.86. The molecule has 0 spiro atoms. The number of rotatable bonds is 1. The van der Waals surface area contributed by atoms with Crippen molar-refractivity contribution < 1.29 is 13.3 Å². The summed E-state index contributed by atoms with van der Waals surface area (Å²) in [4.78, 5) is 17.6. The van der Waals surface area contributed by atoms with Crippen LogP contribution in [-0.2, 0) is 0 Å². The standard InChI is InChI=1S/C11H5F2N3O2/c12-5-2-1-3-6(13)7(5)9-8-10(17)14-4-15-11(8)18-16-9/h1-4H,(H,14,15,17). The molecule has 3 rings (SSSR count). The summed E-state index contributed by atoms with van der Waals surface area (Å²) < 4.78 is 32.0. The molecule has 0 amide bonds. The van der Waals surface area contributed by atoms with Gasteiger partial charge in [0.15, 0.2) is 0 Å².